The fraction of sp³-hybridized carbons (Fsp3) is 0.0714. The summed E-state index contributed by atoms with van der Waals surface area (Å²) in [7, 11) is -3.73. The molecule has 35 heavy (non-hydrogen) atoms. The smallest absolute Gasteiger partial charge is 0.211 e. The normalized spacial score (nSPS) is 13.9. The van der Waals surface area contributed by atoms with Crippen molar-refractivity contribution in [3.63, 3.8) is 0 Å². The summed E-state index contributed by atoms with van der Waals surface area (Å²) in [6.07, 6.45) is 0.703. The van der Waals surface area contributed by atoms with Gasteiger partial charge in [0.1, 0.15) is 15.7 Å². The van der Waals surface area contributed by atoms with Crippen LogP contribution >= 0.6 is 11.3 Å². The predicted molar refractivity (Wildman–Crippen MR) is 140 cm³/mol. The third kappa shape index (κ3) is 2.89. The summed E-state index contributed by atoms with van der Waals surface area (Å²) in [5.74, 6) is 0.854. The number of rotatable bonds is 3. The van der Waals surface area contributed by atoms with Gasteiger partial charge in [-0.3, -0.25) is 4.57 Å². The van der Waals surface area contributed by atoms with Crippen molar-refractivity contribution in [1.29, 1.82) is 0 Å². The van der Waals surface area contributed by atoms with E-state index < -0.39 is 9.84 Å². The van der Waals surface area contributed by atoms with E-state index in [1.807, 2.05) is 78.2 Å². The molecule has 0 unspecified atom stereocenters. The van der Waals surface area contributed by atoms with Gasteiger partial charge in [-0.25, -0.2) is 18.4 Å². The first-order valence-corrected chi connectivity index (χ1v) is 13.7. The average Bonchev–Trinajstić information content (AvgIpc) is 3.49. The summed E-state index contributed by atoms with van der Waals surface area (Å²) in [6, 6.07) is 27.1. The molecule has 2 aromatic heterocycles. The summed E-state index contributed by atoms with van der Waals surface area (Å²) in [5.41, 5.74) is 5.56. The van der Waals surface area contributed by atoms with E-state index in [4.69, 9.17) is 9.97 Å². The van der Waals surface area contributed by atoms with E-state index in [-0.39, 0.29) is 0 Å². The Labute approximate surface area is 206 Å². The van der Waals surface area contributed by atoms with E-state index in [0.29, 0.717) is 38.5 Å². The van der Waals surface area contributed by atoms with Crippen LogP contribution in [0.3, 0.4) is 0 Å². The van der Waals surface area contributed by atoms with Crippen molar-refractivity contribution >= 4 is 42.4 Å². The molecule has 0 fully saturated rings. The number of fused-ring (bicyclic) bond motifs is 3. The molecule has 0 aliphatic carbocycles. The Balaban J connectivity index is 1.44. The molecule has 0 saturated heterocycles. The molecule has 5 nitrogen and oxygen atoms in total. The maximum absolute atomic E-state index is 13.9. The van der Waals surface area contributed by atoms with E-state index in [0.717, 1.165) is 32.2 Å². The highest BCUT2D eigenvalue weighted by Crippen LogP contribution is 2.44. The average molecular weight is 494 g/mol. The fourth-order valence-corrected chi connectivity index (χ4v) is 7.76. The molecule has 3 heterocycles. The monoisotopic (exact) mass is 493 g/mol. The molecule has 0 amide bonds. The van der Waals surface area contributed by atoms with Crippen molar-refractivity contribution in [2.24, 2.45) is 0 Å². The van der Waals surface area contributed by atoms with Gasteiger partial charge in [-0.05, 0) is 35.9 Å². The highest BCUT2D eigenvalue weighted by molar-refractivity contribution is 7.92. The molecule has 1 aliphatic heterocycles. The molecule has 170 valence electrons. The second-order valence-electron chi connectivity index (χ2n) is 8.56. The number of hydrogen-bond donors (Lipinski definition) is 0. The third-order valence-corrected chi connectivity index (χ3v) is 9.52. The van der Waals surface area contributed by atoms with Gasteiger partial charge in [0, 0.05) is 17.5 Å². The first-order valence-electron chi connectivity index (χ1n) is 11.4. The lowest BCUT2D eigenvalue weighted by molar-refractivity contribution is 0.594. The minimum Gasteiger partial charge on any atom is -0.294 e. The number of nitrogens with zero attached hydrogens (tertiary/aromatic N) is 3. The Hall–Kier alpha value is -3.81. The van der Waals surface area contributed by atoms with Crippen molar-refractivity contribution in [3.8, 4) is 27.4 Å². The standard InChI is InChI=1S/C28H19N3O2S2/c1-2-25-29-21-16-15-19(27-26(21)31(25)22-8-4-6-10-24(22)35(27,32)33)17-11-13-18(14-12-17)28-30-20-7-3-5-9-23(20)34-28/h3-16H,2H2,1H3. The van der Waals surface area contributed by atoms with Crippen LogP contribution in [0.5, 0.6) is 0 Å². The lowest BCUT2D eigenvalue weighted by atomic mass is 10.0. The predicted octanol–water partition coefficient (Wildman–Crippen LogP) is 6.68. The molecule has 7 rings (SSSR count). The Morgan fingerprint density at radius 2 is 1.54 bits per heavy atom. The van der Waals surface area contributed by atoms with Crippen LogP contribution in [0, 0.1) is 0 Å². The third-order valence-electron chi connectivity index (χ3n) is 6.56. The molecule has 0 N–H and O–H groups in total. The van der Waals surface area contributed by atoms with E-state index in [2.05, 4.69) is 6.07 Å². The van der Waals surface area contributed by atoms with Crippen molar-refractivity contribution in [2.75, 3.05) is 0 Å². The zero-order valence-electron chi connectivity index (χ0n) is 18.8. The summed E-state index contributed by atoms with van der Waals surface area (Å²) in [6.45, 7) is 2.04. The first kappa shape index (κ1) is 20.6. The van der Waals surface area contributed by atoms with E-state index in [1.54, 1.807) is 23.5 Å². The first-order chi connectivity index (χ1) is 17.1. The van der Waals surface area contributed by atoms with Gasteiger partial charge in [0.25, 0.3) is 0 Å². The van der Waals surface area contributed by atoms with Crippen LogP contribution in [0.25, 0.3) is 48.6 Å². The van der Waals surface area contributed by atoms with Gasteiger partial charge < -0.3 is 0 Å². The number of sulfone groups is 1. The summed E-state index contributed by atoms with van der Waals surface area (Å²) in [5, 5.41) is 0.946. The van der Waals surface area contributed by atoms with E-state index in [9.17, 15) is 8.42 Å². The minimum absolute atomic E-state index is 0.319. The molecule has 0 radical (unpaired) electrons. The Bertz CT molecular complexity index is 1870. The topological polar surface area (TPSA) is 64.8 Å². The van der Waals surface area contributed by atoms with E-state index >= 15 is 0 Å². The SMILES string of the molecule is CCc1nc2ccc(-c3ccc(-c4nc5ccccc5s4)cc3)c3c2n1-c1ccccc1S3(=O)=O. The van der Waals surface area contributed by atoms with Crippen molar-refractivity contribution < 1.29 is 8.42 Å². The molecular weight excluding hydrogens is 474 g/mol. The Morgan fingerprint density at radius 1 is 0.800 bits per heavy atom. The number of thiazole rings is 1. The van der Waals surface area contributed by atoms with Gasteiger partial charge in [-0.1, -0.05) is 61.5 Å². The zero-order valence-corrected chi connectivity index (χ0v) is 20.4. The summed E-state index contributed by atoms with van der Waals surface area (Å²) >= 11 is 1.65. The fourth-order valence-electron chi connectivity index (χ4n) is 4.95. The summed E-state index contributed by atoms with van der Waals surface area (Å²) < 4.78 is 31.0. The number of para-hydroxylation sites is 2. The van der Waals surface area contributed by atoms with Gasteiger partial charge in [0.05, 0.1) is 31.8 Å². The molecule has 4 aromatic carbocycles. The molecule has 7 heteroatoms. The zero-order chi connectivity index (χ0) is 23.7. The quantitative estimate of drug-likeness (QED) is 0.275. The van der Waals surface area contributed by atoms with Crippen LogP contribution in [0.15, 0.2) is 94.7 Å². The van der Waals surface area contributed by atoms with Gasteiger partial charge in [-0.15, -0.1) is 11.3 Å². The largest absolute Gasteiger partial charge is 0.294 e. The van der Waals surface area contributed by atoms with Crippen LogP contribution in [0.2, 0.25) is 0 Å². The number of hydrogen-bond acceptors (Lipinski definition) is 5. The molecule has 0 bridgehead atoms. The lowest BCUT2D eigenvalue weighted by Crippen LogP contribution is -2.16. The molecule has 0 atom stereocenters. The second kappa shape index (κ2) is 7.34. The van der Waals surface area contributed by atoms with Crippen molar-refractivity contribution in [3.05, 3.63) is 90.8 Å². The Morgan fingerprint density at radius 3 is 2.34 bits per heavy atom. The van der Waals surface area contributed by atoms with Gasteiger partial charge in [-0.2, -0.15) is 0 Å². The highest BCUT2D eigenvalue weighted by Gasteiger charge is 2.35. The molecule has 0 spiro atoms. The number of imidazole rings is 1. The van der Waals surface area contributed by atoms with Crippen molar-refractivity contribution in [1.82, 2.24) is 14.5 Å². The van der Waals surface area contributed by atoms with Crippen LogP contribution in [-0.2, 0) is 16.3 Å². The number of aryl methyl sites for hydroxylation is 1. The maximum Gasteiger partial charge on any atom is 0.211 e. The van der Waals surface area contributed by atoms with Crippen LogP contribution in [-0.4, -0.2) is 23.0 Å². The van der Waals surface area contributed by atoms with Crippen LogP contribution in [0.4, 0.5) is 0 Å². The number of benzene rings is 4. The highest BCUT2D eigenvalue weighted by atomic mass is 32.2. The second-order valence-corrected chi connectivity index (χ2v) is 11.4. The van der Waals surface area contributed by atoms with Gasteiger partial charge in [0.2, 0.25) is 9.84 Å². The minimum atomic E-state index is -3.73. The molecule has 6 aromatic rings. The summed E-state index contributed by atoms with van der Waals surface area (Å²) in [4.78, 5) is 10.2. The van der Waals surface area contributed by atoms with Gasteiger partial charge in [0.15, 0.2) is 0 Å². The number of aromatic nitrogens is 3. The maximum atomic E-state index is 13.9. The molecular formula is C28H19N3O2S2. The van der Waals surface area contributed by atoms with Crippen LogP contribution in [0.1, 0.15) is 12.7 Å². The molecule has 0 saturated carbocycles. The van der Waals surface area contributed by atoms with Gasteiger partial charge >= 0.3 is 0 Å². The van der Waals surface area contributed by atoms with E-state index in [1.165, 1.54) is 0 Å². The van der Waals surface area contributed by atoms with Crippen molar-refractivity contribution in [2.45, 2.75) is 23.1 Å². The Kier molecular flexibility index (Phi) is 4.31. The lowest BCUT2D eigenvalue weighted by Gasteiger charge is -2.22. The molecule has 1 aliphatic rings. The van der Waals surface area contributed by atoms with Crippen LogP contribution < -0.4 is 0 Å².